The molecular weight excluding hydrogens is 388 g/mol. The highest BCUT2D eigenvalue weighted by atomic mass is 16.3. The van der Waals surface area contributed by atoms with Gasteiger partial charge >= 0.3 is 0 Å². The van der Waals surface area contributed by atoms with E-state index in [0.717, 1.165) is 43.0 Å². The molecule has 1 aliphatic rings. The monoisotopic (exact) mass is 414 g/mol. The maximum Gasteiger partial charge on any atom is 0.289 e. The number of furan rings is 1. The molecule has 0 saturated carbocycles. The molecule has 1 saturated heterocycles. The van der Waals surface area contributed by atoms with Crippen LogP contribution in [0.1, 0.15) is 27.5 Å². The molecule has 3 heterocycles. The first-order valence-corrected chi connectivity index (χ1v) is 10.7. The van der Waals surface area contributed by atoms with Crippen molar-refractivity contribution in [1.29, 1.82) is 0 Å². The molecule has 1 aliphatic heterocycles. The van der Waals surface area contributed by atoms with Crippen LogP contribution in [-0.4, -0.2) is 51.4 Å². The van der Waals surface area contributed by atoms with Gasteiger partial charge in [-0.05, 0) is 36.8 Å². The Morgan fingerprint density at radius 2 is 1.81 bits per heavy atom. The van der Waals surface area contributed by atoms with Gasteiger partial charge in [0.25, 0.3) is 5.91 Å². The first-order chi connectivity index (χ1) is 15.2. The van der Waals surface area contributed by atoms with E-state index in [1.54, 1.807) is 18.4 Å². The second-order valence-corrected chi connectivity index (χ2v) is 8.14. The van der Waals surface area contributed by atoms with Gasteiger partial charge in [-0.25, -0.2) is 4.98 Å². The van der Waals surface area contributed by atoms with E-state index in [-0.39, 0.29) is 5.91 Å². The lowest BCUT2D eigenvalue weighted by molar-refractivity contribution is 0.0594. The van der Waals surface area contributed by atoms with Crippen LogP contribution in [0.15, 0.2) is 71.3 Å². The van der Waals surface area contributed by atoms with E-state index in [0.29, 0.717) is 18.8 Å². The van der Waals surface area contributed by atoms with E-state index >= 15 is 0 Å². The van der Waals surface area contributed by atoms with Crippen LogP contribution >= 0.6 is 0 Å². The average Bonchev–Trinajstić information content (AvgIpc) is 3.43. The maximum atomic E-state index is 12.5. The molecule has 31 heavy (non-hydrogen) atoms. The summed E-state index contributed by atoms with van der Waals surface area (Å²) in [4.78, 5) is 21.7. The van der Waals surface area contributed by atoms with Crippen LogP contribution in [-0.2, 0) is 13.1 Å². The van der Waals surface area contributed by atoms with Gasteiger partial charge in [0.1, 0.15) is 5.82 Å². The summed E-state index contributed by atoms with van der Waals surface area (Å²) in [6.07, 6.45) is 1.54. The van der Waals surface area contributed by atoms with Crippen molar-refractivity contribution >= 4 is 16.9 Å². The first-order valence-electron chi connectivity index (χ1n) is 10.7. The minimum absolute atomic E-state index is 0.0312. The minimum Gasteiger partial charge on any atom is -0.459 e. The molecule has 0 atom stereocenters. The molecule has 1 amide bonds. The van der Waals surface area contributed by atoms with Gasteiger partial charge in [0.15, 0.2) is 5.76 Å². The highest BCUT2D eigenvalue weighted by molar-refractivity contribution is 5.91. The van der Waals surface area contributed by atoms with Crippen LogP contribution in [0.25, 0.3) is 11.0 Å². The second kappa shape index (κ2) is 8.40. The highest BCUT2D eigenvalue weighted by Crippen LogP contribution is 2.20. The van der Waals surface area contributed by atoms with Crippen LogP contribution in [0, 0.1) is 6.92 Å². The van der Waals surface area contributed by atoms with E-state index in [1.165, 1.54) is 11.1 Å². The number of rotatable bonds is 5. The van der Waals surface area contributed by atoms with Crippen molar-refractivity contribution < 1.29 is 9.21 Å². The fraction of sp³-hybridized carbons (Fsp3) is 0.280. The molecule has 1 fully saturated rings. The average molecular weight is 415 g/mol. The van der Waals surface area contributed by atoms with Gasteiger partial charge in [-0.2, -0.15) is 0 Å². The number of piperazine rings is 1. The van der Waals surface area contributed by atoms with Gasteiger partial charge < -0.3 is 13.9 Å². The van der Waals surface area contributed by atoms with Crippen molar-refractivity contribution in [2.75, 3.05) is 26.2 Å². The van der Waals surface area contributed by atoms with Crippen LogP contribution in [0.4, 0.5) is 0 Å². The lowest BCUT2D eigenvalue weighted by atomic mass is 10.1. The van der Waals surface area contributed by atoms with Crippen LogP contribution in [0.2, 0.25) is 0 Å². The number of carbonyl (C=O) groups excluding carboxylic acids is 1. The number of hydrogen-bond donors (Lipinski definition) is 0. The Labute approximate surface area is 181 Å². The molecule has 0 bridgehead atoms. The van der Waals surface area contributed by atoms with Crippen molar-refractivity contribution in [1.82, 2.24) is 19.4 Å². The van der Waals surface area contributed by atoms with Gasteiger partial charge in [0, 0.05) is 32.7 Å². The Morgan fingerprint density at radius 3 is 2.58 bits per heavy atom. The fourth-order valence-electron chi connectivity index (χ4n) is 4.28. The van der Waals surface area contributed by atoms with Crippen LogP contribution in [0.5, 0.6) is 0 Å². The van der Waals surface area contributed by atoms with Crippen molar-refractivity contribution in [3.63, 3.8) is 0 Å². The number of fused-ring (bicyclic) bond motifs is 1. The number of hydrogen-bond acceptors (Lipinski definition) is 4. The summed E-state index contributed by atoms with van der Waals surface area (Å²) >= 11 is 0. The molecule has 6 heteroatoms. The summed E-state index contributed by atoms with van der Waals surface area (Å²) in [6.45, 7) is 6.72. The zero-order valence-corrected chi connectivity index (χ0v) is 17.7. The zero-order chi connectivity index (χ0) is 21.2. The third-order valence-corrected chi connectivity index (χ3v) is 5.91. The molecule has 5 rings (SSSR count). The van der Waals surface area contributed by atoms with Gasteiger partial charge in [-0.1, -0.05) is 42.0 Å². The molecule has 158 valence electrons. The molecule has 2 aromatic carbocycles. The quantitative estimate of drug-likeness (QED) is 0.496. The Hall–Kier alpha value is -3.38. The molecule has 0 aliphatic carbocycles. The van der Waals surface area contributed by atoms with Crippen molar-refractivity contribution in [3.05, 3.63) is 89.6 Å². The molecule has 4 aromatic rings. The van der Waals surface area contributed by atoms with Crippen LogP contribution in [0.3, 0.4) is 0 Å². The zero-order valence-electron chi connectivity index (χ0n) is 17.7. The topological polar surface area (TPSA) is 54.5 Å². The van der Waals surface area contributed by atoms with Crippen LogP contribution < -0.4 is 0 Å². The summed E-state index contributed by atoms with van der Waals surface area (Å²) < 4.78 is 7.59. The maximum absolute atomic E-state index is 12.5. The number of aryl methyl sites for hydroxylation is 1. The summed E-state index contributed by atoms with van der Waals surface area (Å²) in [6, 6.07) is 20.4. The fourth-order valence-corrected chi connectivity index (χ4v) is 4.28. The number of amides is 1. The molecule has 0 N–H and O–H groups in total. The largest absolute Gasteiger partial charge is 0.459 e. The van der Waals surface area contributed by atoms with E-state index in [4.69, 9.17) is 9.40 Å². The number of aromatic nitrogens is 2. The van der Waals surface area contributed by atoms with Crippen molar-refractivity contribution in [3.8, 4) is 0 Å². The summed E-state index contributed by atoms with van der Waals surface area (Å²) in [5, 5.41) is 0. The molecule has 0 unspecified atom stereocenters. The Kier molecular flexibility index (Phi) is 5.30. The van der Waals surface area contributed by atoms with E-state index in [1.807, 2.05) is 11.0 Å². The molecule has 0 spiro atoms. The van der Waals surface area contributed by atoms with Gasteiger partial charge in [-0.15, -0.1) is 0 Å². The summed E-state index contributed by atoms with van der Waals surface area (Å²) in [7, 11) is 0. The number of nitrogens with zero attached hydrogens (tertiary/aromatic N) is 4. The first kappa shape index (κ1) is 19.6. The lowest BCUT2D eigenvalue weighted by Gasteiger charge is -2.34. The molecule has 2 aromatic heterocycles. The van der Waals surface area contributed by atoms with Crippen molar-refractivity contribution in [2.45, 2.75) is 20.0 Å². The summed E-state index contributed by atoms with van der Waals surface area (Å²) in [5.74, 6) is 1.44. The third-order valence-electron chi connectivity index (χ3n) is 5.91. The lowest BCUT2D eigenvalue weighted by Crippen LogP contribution is -2.48. The predicted molar refractivity (Wildman–Crippen MR) is 120 cm³/mol. The third kappa shape index (κ3) is 4.11. The molecular formula is C25H26N4O2. The Bertz CT molecular complexity index is 1190. The van der Waals surface area contributed by atoms with E-state index < -0.39 is 0 Å². The SMILES string of the molecule is Cc1cccc(Cn2c(CN3CCN(C(=O)c4ccco4)CC3)nc3ccccc32)c1. The van der Waals surface area contributed by atoms with E-state index in [9.17, 15) is 4.79 Å². The second-order valence-electron chi connectivity index (χ2n) is 8.14. The standard InChI is InChI=1S/C25H26N4O2/c1-19-6-4-7-20(16-19)17-29-22-9-3-2-8-21(22)26-24(29)18-27-11-13-28(14-12-27)25(30)23-10-5-15-31-23/h2-10,15-16H,11-14,17-18H2,1H3. The smallest absolute Gasteiger partial charge is 0.289 e. The van der Waals surface area contributed by atoms with Gasteiger partial charge in [0.05, 0.1) is 23.8 Å². The summed E-state index contributed by atoms with van der Waals surface area (Å²) in [5.41, 5.74) is 4.72. The minimum atomic E-state index is -0.0312. The molecule has 6 nitrogen and oxygen atoms in total. The molecule has 0 radical (unpaired) electrons. The van der Waals surface area contributed by atoms with Gasteiger partial charge in [0.2, 0.25) is 0 Å². The highest BCUT2D eigenvalue weighted by Gasteiger charge is 2.25. The number of benzene rings is 2. The predicted octanol–water partition coefficient (Wildman–Crippen LogP) is 3.94. The Morgan fingerprint density at radius 1 is 0.968 bits per heavy atom. The number of imidazole rings is 1. The normalized spacial score (nSPS) is 14.9. The number of para-hydroxylation sites is 2. The Balaban J connectivity index is 1.33. The number of carbonyl (C=O) groups is 1. The van der Waals surface area contributed by atoms with E-state index in [2.05, 4.69) is 58.9 Å². The van der Waals surface area contributed by atoms with Crippen molar-refractivity contribution in [2.24, 2.45) is 0 Å². The van der Waals surface area contributed by atoms with Gasteiger partial charge in [-0.3, -0.25) is 9.69 Å².